The van der Waals surface area contributed by atoms with Crippen LogP contribution in [0.1, 0.15) is 19.8 Å². The molecule has 0 aromatic heterocycles. The van der Waals surface area contributed by atoms with Crippen LogP contribution in [-0.2, 0) is 0 Å². The Balaban J connectivity index is 2.03. The summed E-state index contributed by atoms with van der Waals surface area (Å²) in [7, 11) is 0. The van der Waals surface area contributed by atoms with Gasteiger partial charge in [-0.25, -0.2) is 4.79 Å². The fourth-order valence-electron chi connectivity index (χ4n) is 1.69. The summed E-state index contributed by atoms with van der Waals surface area (Å²) < 4.78 is 5.26. The van der Waals surface area contributed by atoms with Gasteiger partial charge in [-0.05, 0) is 31.9 Å². The topological polar surface area (TPSA) is 29.5 Å². The van der Waals surface area contributed by atoms with Gasteiger partial charge >= 0.3 is 6.09 Å². The first-order valence-electron chi connectivity index (χ1n) is 5.49. The third-order valence-electron chi connectivity index (χ3n) is 2.65. The molecule has 0 fully saturated rings. The van der Waals surface area contributed by atoms with E-state index in [-0.39, 0.29) is 12.1 Å². The quantitative estimate of drug-likeness (QED) is 0.723. The molecule has 1 aromatic carbocycles. The maximum atomic E-state index is 11.8. The SMILES string of the molecule is C[C@H]1CCC=CN1C(=O)Oc1ccccc1. The average molecular weight is 217 g/mol. The molecule has 0 N–H and O–H groups in total. The number of carbonyl (C=O) groups is 1. The van der Waals surface area contributed by atoms with Crippen LogP contribution in [0.3, 0.4) is 0 Å². The van der Waals surface area contributed by atoms with E-state index in [1.54, 1.807) is 23.2 Å². The molecule has 1 amide bonds. The fourth-order valence-corrected chi connectivity index (χ4v) is 1.69. The van der Waals surface area contributed by atoms with Crippen molar-refractivity contribution in [3.8, 4) is 5.75 Å². The molecule has 0 radical (unpaired) electrons. The molecule has 1 atom stereocenters. The Morgan fingerprint density at radius 2 is 2.12 bits per heavy atom. The summed E-state index contributed by atoms with van der Waals surface area (Å²) in [5.74, 6) is 0.582. The van der Waals surface area contributed by atoms with Gasteiger partial charge in [0.1, 0.15) is 5.75 Å². The molecule has 1 heterocycles. The van der Waals surface area contributed by atoms with Crippen molar-refractivity contribution in [2.75, 3.05) is 0 Å². The first kappa shape index (κ1) is 10.7. The summed E-state index contributed by atoms with van der Waals surface area (Å²) in [5, 5.41) is 0. The number of hydrogen-bond acceptors (Lipinski definition) is 2. The molecule has 3 nitrogen and oxygen atoms in total. The predicted molar refractivity (Wildman–Crippen MR) is 62.1 cm³/mol. The van der Waals surface area contributed by atoms with Gasteiger partial charge in [-0.3, -0.25) is 4.90 Å². The third kappa shape index (κ3) is 2.42. The zero-order valence-corrected chi connectivity index (χ0v) is 9.30. The number of para-hydroxylation sites is 1. The smallest absolute Gasteiger partial charge is 0.410 e. The maximum absolute atomic E-state index is 11.8. The number of nitrogens with zero attached hydrogens (tertiary/aromatic N) is 1. The predicted octanol–water partition coefficient (Wildman–Crippen LogP) is 3.18. The molecular formula is C13H15NO2. The Kier molecular flexibility index (Phi) is 3.25. The highest BCUT2D eigenvalue weighted by Crippen LogP contribution is 2.17. The van der Waals surface area contributed by atoms with Crippen LogP contribution < -0.4 is 4.74 Å². The number of allylic oxidation sites excluding steroid dienone is 1. The van der Waals surface area contributed by atoms with E-state index in [0.717, 1.165) is 12.8 Å². The molecule has 1 aliphatic rings. The lowest BCUT2D eigenvalue weighted by Crippen LogP contribution is -2.37. The van der Waals surface area contributed by atoms with Gasteiger partial charge in [0.05, 0.1) is 0 Å². The van der Waals surface area contributed by atoms with E-state index in [1.165, 1.54) is 0 Å². The Morgan fingerprint density at radius 1 is 1.38 bits per heavy atom. The van der Waals surface area contributed by atoms with Gasteiger partial charge in [0.15, 0.2) is 0 Å². The minimum absolute atomic E-state index is 0.209. The lowest BCUT2D eigenvalue weighted by Gasteiger charge is -2.27. The molecule has 84 valence electrons. The van der Waals surface area contributed by atoms with Gasteiger partial charge in [0, 0.05) is 12.2 Å². The van der Waals surface area contributed by atoms with Gasteiger partial charge in [-0.15, -0.1) is 0 Å². The summed E-state index contributed by atoms with van der Waals surface area (Å²) in [4.78, 5) is 13.5. The van der Waals surface area contributed by atoms with E-state index in [2.05, 4.69) is 0 Å². The molecule has 2 rings (SSSR count). The summed E-state index contributed by atoms with van der Waals surface area (Å²) in [6.07, 6.45) is 5.50. The highest BCUT2D eigenvalue weighted by Gasteiger charge is 2.21. The normalized spacial score (nSPS) is 19.6. The highest BCUT2D eigenvalue weighted by atomic mass is 16.6. The molecule has 0 aliphatic carbocycles. The van der Waals surface area contributed by atoms with Crippen molar-refractivity contribution >= 4 is 6.09 Å². The number of amides is 1. The number of ether oxygens (including phenoxy) is 1. The first-order chi connectivity index (χ1) is 7.77. The third-order valence-corrected chi connectivity index (χ3v) is 2.65. The van der Waals surface area contributed by atoms with Crippen LogP contribution in [0.25, 0.3) is 0 Å². The van der Waals surface area contributed by atoms with Crippen LogP contribution in [0.2, 0.25) is 0 Å². The minimum atomic E-state index is -0.311. The van der Waals surface area contributed by atoms with Crippen LogP contribution in [0.5, 0.6) is 5.75 Å². The minimum Gasteiger partial charge on any atom is -0.410 e. The van der Waals surface area contributed by atoms with Crippen LogP contribution in [-0.4, -0.2) is 17.0 Å². The molecule has 0 bridgehead atoms. The van der Waals surface area contributed by atoms with Crippen molar-refractivity contribution in [1.82, 2.24) is 4.90 Å². The zero-order valence-electron chi connectivity index (χ0n) is 9.30. The molecule has 0 saturated carbocycles. The number of hydrogen-bond donors (Lipinski definition) is 0. The summed E-state index contributed by atoms with van der Waals surface area (Å²) in [6.45, 7) is 2.02. The number of carbonyl (C=O) groups excluding carboxylic acids is 1. The number of benzene rings is 1. The lowest BCUT2D eigenvalue weighted by molar-refractivity contribution is 0.153. The van der Waals surface area contributed by atoms with Crippen LogP contribution >= 0.6 is 0 Å². The molecule has 0 saturated heterocycles. The Morgan fingerprint density at radius 3 is 2.81 bits per heavy atom. The van der Waals surface area contributed by atoms with Gasteiger partial charge in [0.25, 0.3) is 0 Å². The van der Waals surface area contributed by atoms with Gasteiger partial charge in [-0.2, -0.15) is 0 Å². The molecular weight excluding hydrogens is 202 g/mol. The van der Waals surface area contributed by atoms with E-state index in [4.69, 9.17) is 4.74 Å². The van der Waals surface area contributed by atoms with E-state index in [0.29, 0.717) is 5.75 Å². The summed E-state index contributed by atoms with van der Waals surface area (Å²) in [5.41, 5.74) is 0. The van der Waals surface area contributed by atoms with Crippen molar-refractivity contribution in [3.63, 3.8) is 0 Å². The van der Waals surface area contributed by atoms with E-state index < -0.39 is 0 Å². The molecule has 16 heavy (non-hydrogen) atoms. The van der Waals surface area contributed by atoms with Crippen molar-refractivity contribution < 1.29 is 9.53 Å². The highest BCUT2D eigenvalue weighted by molar-refractivity contribution is 5.72. The van der Waals surface area contributed by atoms with Crippen molar-refractivity contribution in [3.05, 3.63) is 42.6 Å². The Bertz CT molecular complexity index is 386. The largest absolute Gasteiger partial charge is 0.419 e. The lowest BCUT2D eigenvalue weighted by atomic mass is 10.1. The Labute approximate surface area is 95.3 Å². The monoisotopic (exact) mass is 217 g/mol. The van der Waals surface area contributed by atoms with Gasteiger partial charge in [-0.1, -0.05) is 24.3 Å². The van der Waals surface area contributed by atoms with Crippen LogP contribution in [0, 0.1) is 0 Å². The second-order valence-corrected chi connectivity index (χ2v) is 3.90. The average Bonchev–Trinajstić information content (AvgIpc) is 2.31. The fraction of sp³-hybridized carbons (Fsp3) is 0.308. The van der Waals surface area contributed by atoms with Gasteiger partial charge in [0.2, 0.25) is 0 Å². The van der Waals surface area contributed by atoms with E-state index >= 15 is 0 Å². The summed E-state index contributed by atoms with van der Waals surface area (Å²) in [6, 6.07) is 9.34. The van der Waals surface area contributed by atoms with Crippen LogP contribution in [0.4, 0.5) is 4.79 Å². The second kappa shape index (κ2) is 4.84. The maximum Gasteiger partial charge on any atom is 0.419 e. The molecule has 3 heteroatoms. The molecule has 0 unspecified atom stereocenters. The number of rotatable bonds is 1. The standard InChI is InChI=1S/C13H15NO2/c1-11-7-5-6-10-14(11)13(15)16-12-8-3-2-4-9-12/h2-4,6,8-11H,5,7H2,1H3/t11-/m0/s1. The first-order valence-corrected chi connectivity index (χ1v) is 5.49. The van der Waals surface area contributed by atoms with E-state index in [9.17, 15) is 4.79 Å². The zero-order chi connectivity index (χ0) is 11.4. The second-order valence-electron chi connectivity index (χ2n) is 3.90. The van der Waals surface area contributed by atoms with E-state index in [1.807, 2.05) is 31.2 Å². The Hall–Kier alpha value is -1.77. The van der Waals surface area contributed by atoms with Crippen molar-refractivity contribution in [1.29, 1.82) is 0 Å². The molecule has 1 aromatic rings. The molecule has 1 aliphatic heterocycles. The van der Waals surface area contributed by atoms with Gasteiger partial charge < -0.3 is 4.74 Å². The molecule has 0 spiro atoms. The van der Waals surface area contributed by atoms with Crippen molar-refractivity contribution in [2.45, 2.75) is 25.8 Å². The van der Waals surface area contributed by atoms with Crippen molar-refractivity contribution in [2.24, 2.45) is 0 Å². The van der Waals surface area contributed by atoms with Crippen LogP contribution in [0.15, 0.2) is 42.6 Å². The summed E-state index contributed by atoms with van der Waals surface area (Å²) >= 11 is 0.